The van der Waals surface area contributed by atoms with Crippen LogP contribution < -0.4 is 5.32 Å². The molecule has 1 saturated carbocycles. The first-order valence-corrected chi connectivity index (χ1v) is 7.84. The molecule has 0 aromatic heterocycles. The fourth-order valence-corrected chi connectivity index (χ4v) is 3.65. The van der Waals surface area contributed by atoms with Gasteiger partial charge in [-0.1, -0.05) is 6.92 Å². The first-order chi connectivity index (χ1) is 8.85. The van der Waals surface area contributed by atoms with E-state index in [0.717, 1.165) is 12.1 Å². The summed E-state index contributed by atoms with van der Waals surface area (Å²) in [6, 6.07) is 1.59. The van der Waals surface area contributed by atoms with Gasteiger partial charge in [0, 0.05) is 25.7 Å². The van der Waals surface area contributed by atoms with E-state index in [-0.39, 0.29) is 0 Å². The molecule has 0 amide bonds. The molecule has 1 unspecified atom stereocenters. The van der Waals surface area contributed by atoms with Gasteiger partial charge >= 0.3 is 0 Å². The van der Waals surface area contributed by atoms with Crippen molar-refractivity contribution in [2.45, 2.75) is 70.1 Å². The Balaban J connectivity index is 1.88. The first-order valence-electron chi connectivity index (χ1n) is 7.84. The normalized spacial score (nSPS) is 33.8. The summed E-state index contributed by atoms with van der Waals surface area (Å²) in [5.41, 5.74) is 0. The van der Waals surface area contributed by atoms with Crippen molar-refractivity contribution in [2.24, 2.45) is 0 Å². The lowest BCUT2D eigenvalue weighted by atomic mass is 9.90. The maximum atomic E-state index is 5.49. The minimum absolute atomic E-state index is 0.522. The Bertz CT molecular complexity index is 221. The Morgan fingerprint density at radius 1 is 1.11 bits per heavy atom. The van der Waals surface area contributed by atoms with Crippen LogP contribution in [-0.2, 0) is 4.74 Å². The van der Waals surface area contributed by atoms with Gasteiger partial charge in [-0.2, -0.15) is 0 Å². The van der Waals surface area contributed by atoms with E-state index in [2.05, 4.69) is 17.1 Å². The van der Waals surface area contributed by atoms with E-state index >= 15 is 0 Å². The Morgan fingerprint density at radius 2 is 1.89 bits per heavy atom. The van der Waals surface area contributed by atoms with E-state index in [9.17, 15) is 0 Å². The predicted molar refractivity (Wildman–Crippen MR) is 75.9 cm³/mol. The van der Waals surface area contributed by atoms with Gasteiger partial charge in [-0.05, 0) is 58.0 Å². The number of hydrogen-bond acceptors (Lipinski definition) is 3. The molecule has 0 aromatic rings. The van der Waals surface area contributed by atoms with Crippen LogP contribution in [0.1, 0.15) is 51.9 Å². The molecule has 0 bridgehead atoms. The molecule has 3 nitrogen and oxygen atoms in total. The van der Waals surface area contributed by atoms with Crippen LogP contribution in [0.2, 0.25) is 0 Å². The topological polar surface area (TPSA) is 24.5 Å². The summed E-state index contributed by atoms with van der Waals surface area (Å²) in [6.07, 6.45) is 9.69. The van der Waals surface area contributed by atoms with Crippen LogP contribution in [0.4, 0.5) is 0 Å². The highest BCUT2D eigenvalue weighted by Crippen LogP contribution is 2.27. The molecule has 18 heavy (non-hydrogen) atoms. The van der Waals surface area contributed by atoms with Gasteiger partial charge in [0.25, 0.3) is 0 Å². The Morgan fingerprint density at radius 3 is 2.44 bits per heavy atom. The Labute approximate surface area is 112 Å². The fourth-order valence-electron chi connectivity index (χ4n) is 3.65. The Kier molecular flexibility index (Phi) is 5.93. The van der Waals surface area contributed by atoms with Gasteiger partial charge in [0.05, 0.1) is 6.10 Å². The first kappa shape index (κ1) is 14.3. The Hall–Kier alpha value is -0.120. The molecule has 1 aliphatic heterocycles. The van der Waals surface area contributed by atoms with Crippen LogP contribution in [0, 0.1) is 0 Å². The zero-order chi connectivity index (χ0) is 12.8. The maximum absolute atomic E-state index is 5.49. The van der Waals surface area contributed by atoms with Crippen molar-refractivity contribution in [1.82, 2.24) is 10.2 Å². The summed E-state index contributed by atoms with van der Waals surface area (Å²) >= 11 is 0. The average molecular weight is 254 g/mol. The molecule has 0 radical (unpaired) electrons. The van der Waals surface area contributed by atoms with Gasteiger partial charge in [-0.25, -0.2) is 0 Å². The van der Waals surface area contributed by atoms with Crippen molar-refractivity contribution < 1.29 is 4.74 Å². The third-order valence-corrected chi connectivity index (χ3v) is 4.67. The molecule has 1 atom stereocenters. The highest BCUT2D eigenvalue weighted by atomic mass is 16.5. The number of ether oxygens (including phenoxy) is 1. The highest BCUT2D eigenvalue weighted by Gasteiger charge is 2.30. The van der Waals surface area contributed by atoms with E-state index in [1.807, 2.05) is 7.11 Å². The third-order valence-electron chi connectivity index (χ3n) is 4.67. The molecule has 1 N–H and O–H groups in total. The number of piperidine rings is 1. The number of nitrogens with one attached hydrogen (secondary N) is 1. The lowest BCUT2D eigenvalue weighted by Gasteiger charge is -2.42. The molecule has 3 heteroatoms. The molecule has 2 fully saturated rings. The van der Waals surface area contributed by atoms with Crippen molar-refractivity contribution in [2.75, 3.05) is 26.7 Å². The van der Waals surface area contributed by atoms with Crippen molar-refractivity contribution >= 4 is 0 Å². The molecule has 0 aromatic carbocycles. The SMILES string of the molecule is CCCN(C1CCC(OC)CC1)C1CCCNC1. The summed E-state index contributed by atoms with van der Waals surface area (Å²) in [5.74, 6) is 0. The summed E-state index contributed by atoms with van der Waals surface area (Å²) < 4.78 is 5.49. The molecule has 1 saturated heterocycles. The summed E-state index contributed by atoms with van der Waals surface area (Å²) in [4.78, 5) is 2.80. The second kappa shape index (κ2) is 7.46. The van der Waals surface area contributed by atoms with Gasteiger partial charge in [0.1, 0.15) is 0 Å². The molecule has 1 aliphatic carbocycles. The van der Waals surface area contributed by atoms with Crippen LogP contribution in [0.15, 0.2) is 0 Å². The van der Waals surface area contributed by atoms with Crippen LogP contribution in [0.25, 0.3) is 0 Å². The zero-order valence-electron chi connectivity index (χ0n) is 12.2. The van der Waals surface area contributed by atoms with Gasteiger partial charge in [-0.3, -0.25) is 4.90 Å². The smallest absolute Gasteiger partial charge is 0.0572 e. The average Bonchev–Trinajstić information content (AvgIpc) is 2.46. The minimum atomic E-state index is 0.522. The van der Waals surface area contributed by atoms with Crippen LogP contribution in [-0.4, -0.2) is 49.8 Å². The molecule has 106 valence electrons. The largest absolute Gasteiger partial charge is 0.381 e. The van der Waals surface area contributed by atoms with Gasteiger partial charge < -0.3 is 10.1 Å². The summed E-state index contributed by atoms with van der Waals surface area (Å²) in [7, 11) is 1.86. The van der Waals surface area contributed by atoms with Crippen molar-refractivity contribution in [3.63, 3.8) is 0 Å². The van der Waals surface area contributed by atoms with Crippen molar-refractivity contribution in [3.05, 3.63) is 0 Å². The van der Waals surface area contributed by atoms with Crippen LogP contribution in [0.3, 0.4) is 0 Å². The standard InChI is InChI=1S/C15H30N2O/c1-3-11-17(14-5-4-10-16-12-14)13-6-8-15(18-2)9-7-13/h13-16H,3-12H2,1-2H3. The second-order valence-corrected chi connectivity index (χ2v) is 5.90. The number of methoxy groups -OCH3 is 1. The lowest BCUT2D eigenvalue weighted by Crippen LogP contribution is -2.51. The number of nitrogens with zero attached hydrogens (tertiary/aromatic N) is 1. The molecule has 2 rings (SSSR count). The monoisotopic (exact) mass is 254 g/mol. The quantitative estimate of drug-likeness (QED) is 0.815. The lowest BCUT2D eigenvalue weighted by molar-refractivity contribution is 0.0217. The van der Waals surface area contributed by atoms with Gasteiger partial charge in [-0.15, -0.1) is 0 Å². The molecule has 0 spiro atoms. The second-order valence-electron chi connectivity index (χ2n) is 5.90. The summed E-state index contributed by atoms with van der Waals surface area (Å²) in [5, 5.41) is 3.57. The van der Waals surface area contributed by atoms with E-state index < -0.39 is 0 Å². The van der Waals surface area contributed by atoms with Crippen LogP contribution >= 0.6 is 0 Å². The van der Waals surface area contributed by atoms with Crippen molar-refractivity contribution in [1.29, 1.82) is 0 Å². The number of rotatable bonds is 5. The molecular formula is C15H30N2O. The number of hydrogen-bond donors (Lipinski definition) is 1. The van der Waals surface area contributed by atoms with E-state index in [1.54, 1.807) is 0 Å². The molecule has 1 heterocycles. The third kappa shape index (κ3) is 3.69. The van der Waals surface area contributed by atoms with E-state index in [1.165, 1.54) is 64.6 Å². The molecule has 2 aliphatic rings. The van der Waals surface area contributed by atoms with E-state index in [4.69, 9.17) is 4.74 Å². The van der Waals surface area contributed by atoms with Gasteiger partial charge in [0.2, 0.25) is 0 Å². The van der Waals surface area contributed by atoms with Crippen molar-refractivity contribution in [3.8, 4) is 0 Å². The van der Waals surface area contributed by atoms with Crippen LogP contribution in [0.5, 0.6) is 0 Å². The van der Waals surface area contributed by atoms with E-state index in [0.29, 0.717) is 6.10 Å². The molecular weight excluding hydrogens is 224 g/mol. The minimum Gasteiger partial charge on any atom is -0.381 e. The predicted octanol–water partition coefficient (Wildman–Crippen LogP) is 2.41. The van der Waals surface area contributed by atoms with Gasteiger partial charge in [0.15, 0.2) is 0 Å². The zero-order valence-corrected chi connectivity index (χ0v) is 12.2. The fraction of sp³-hybridized carbons (Fsp3) is 1.00. The highest BCUT2D eigenvalue weighted by molar-refractivity contribution is 4.86. The maximum Gasteiger partial charge on any atom is 0.0572 e. The summed E-state index contributed by atoms with van der Waals surface area (Å²) in [6.45, 7) is 6.00.